The highest BCUT2D eigenvalue weighted by molar-refractivity contribution is 6.19. The Hall–Kier alpha value is -2.17. The second-order valence-corrected chi connectivity index (χ2v) is 3.18. The first-order valence-corrected chi connectivity index (χ1v) is 4.22. The van der Waals surface area contributed by atoms with Crippen LogP contribution in [0.3, 0.4) is 0 Å². The second-order valence-electron chi connectivity index (χ2n) is 3.18. The van der Waals surface area contributed by atoms with E-state index in [0.29, 0.717) is 0 Å². The zero-order chi connectivity index (χ0) is 11.2. The van der Waals surface area contributed by atoms with E-state index in [4.69, 9.17) is 5.73 Å². The van der Waals surface area contributed by atoms with Gasteiger partial charge >= 0.3 is 11.9 Å². The molecule has 2 N–H and O–H groups in total. The molecule has 1 aliphatic rings. The molecule has 0 fully saturated rings. The number of hydrogen-bond acceptors (Lipinski definition) is 5. The van der Waals surface area contributed by atoms with Crippen LogP contribution in [-0.4, -0.2) is 17.7 Å². The summed E-state index contributed by atoms with van der Waals surface area (Å²) in [4.78, 5) is 33.5. The Bertz CT molecular complexity index is 504. The predicted octanol–water partition coefficient (Wildman–Crippen LogP) is 0.782. The molecule has 0 unspecified atom stereocenters. The molecule has 5 heteroatoms. The molecule has 5 nitrogen and oxygen atoms in total. The Morgan fingerprint density at radius 1 is 1.27 bits per heavy atom. The lowest BCUT2D eigenvalue weighted by atomic mass is 10.0. The molecule has 0 saturated heterocycles. The highest BCUT2D eigenvalue weighted by Gasteiger charge is 2.33. The minimum atomic E-state index is -0.796. The lowest BCUT2D eigenvalue weighted by Gasteiger charge is -2.03. The van der Waals surface area contributed by atoms with Gasteiger partial charge in [-0.2, -0.15) is 0 Å². The van der Waals surface area contributed by atoms with Crippen molar-refractivity contribution in [3.8, 4) is 0 Å². The number of Topliss-reactive ketones (excluding diaryl/α,β-unsaturated/α-hetero) is 1. The number of nitrogen functional groups attached to an aromatic ring is 1. The molecular weight excluding hydrogens is 198 g/mol. The number of fused-ring (bicyclic) bond motifs is 1. The third-order valence-electron chi connectivity index (χ3n) is 2.23. The van der Waals surface area contributed by atoms with Gasteiger partial charge in [0.2, 0.25) is 0 Å². The zero-order valence-electron chi connectivity index (χ0n) is 7.87. The first kappa shape index (κ1) is 9.39. The van der Waals surface area contributed by atoms with Gasteiger partial charge in [-0.3, -0.25) is 4.79 Å². The van der Waals surface area contributed by atoms with Crippen LogP contribution >= 0.6 is 0 Å². The fourth-order valence-corrected chi connectivity index (χ4v) is 1.51. The SMILES string of the molecule is CC(=O)c1ccc2c(c1N)C(=O)OC2=O. The fourth-order valence-electron chi connectivity index (χ4n) is 1.51. The van der Waals surface area contributed by atoms with Gasteiger partial charge in [0.1, 0.15) is 0 Å². The first-order chi connectivity index (χ1) is 7.02. The van der Waals surface area contributed by atoms with Crippen LogP contribution in [0.15, 0.2) is 12.1 Å². The maximum absolute atomic E-state index is 11.2. The molecule has 1 aliphatic heterocycles. The summed E-state index contributed by atoms with van der Waals surface area (Å²) in [7, 11) is 0. The van der Waals surface area contributed by atoms with E-state index in [1.165, 1.54) is 19.1 Å². The van der Waals surface area contributed by atoms with E-state index in [1.807, 2.05) is 0 Å². The molecule has 0 amide bonds. The van der Waals surface area contributed by atoms with Crippen LogP contribution in [0.5, 0.6) is 0 Å². The average Bonchev–Trinajstić information content (AvgIpc) is 2.43. The minimum Gasteiger partial charge on any atom is -0.397 e. The van der Waals surface area contributed by atoms with Crippen molar-refractivity contribution in [2.45, 2.75) is 6.92 Å². The third-order valence-corrected chi connectivity index (χ3v) is 2.23. The summed E-state index contributed by atoms with van der Waals surface area (Å²) in [5.41, 5.74) is 5.95. The Balaban J connectivity index is 2.74. The molecule has 0 aromatic heterocycles. The van der Waals surface area contributed by atoms with Gasteiger partial charge in [0, 0.05) is 5.56 Å². The van der Waals surface area contributed by atoms with E-state index in [9.17, 15) is 14.4 Å². The maximum Gasteiger partial charge on any atom is 0.349 e. The highest BCUT2D eigenvalue weighted by Crippen LogP contribution is 2.28. The number of rotatable bonds is 1. The highest BCUT2D eigenvalue weighted by atomic mass is 16.6. The Kier molecular flexibility index (Phi) is 1.82. The summed E-state index contributed by atoms with van der Waals surface area (Å²) in [6, 6.07) is 2.78. The van der Waals surface area contributed by atoms with Crippen molar-refractivity contribution >= 4 is 23.4 Å². The van der Waals surface area contributed by atoms with Crippen molar-refractivity contribution in [2.24, 2.45) is 0 Å². The summed E-state index contributed by atoms with van der Waals surface area (Å²) in [5.74, 6) is -1.78. The van der Waals surface area contributed by atoms with Gasteiger partial charge in [-0.1, -0.05) is 0 Å². The number of esters is 2. The molecule has 1 aromatic rings. The monoisotopic (exact) mass is 205 g/mol. The van der Waals surface area contributed by atoms with Gasteiger partial charge in [-0.25, -0.2) is 9.59 Å². The van der Waals surface area contributed by atoms with Gasteiger partial charge in [-0.05, 0) is 19.1 Å². The number of ketones is 1. The number of benzene rings is 1. The van der Waals surface area contributed by atoms with E-state index < -0.39 is 11.9 Å². The largest absolute Gasteiger partial charge is 0.397 e. The molecule has 0 atom stereocenters. The summed E-state index contributed by atoms with van der Waals surface area (Å²) in [6.45, 7) is 1.33. The smallest absolute Gasteiger partial charge is 0.349 e. The zero-order valence-corrected chi connectivity index (χ0v) is 7.87. The second kappa shape index (κ2) is 2.91. The van der Waals surface area contributed by atoms with Gasteiger partial charge in [-0.15, -0.1) is 0 Å². The molecular formula is C10H7NO4. The molecule has 2 rings (SSSR count). The average molecular weight is 205 g/mol. The van der Waals surface area contributed by atoms with Crippen LogP contribution in [0, 0.1) is 0 Å². The summed E-state index contributed by atoms with van der Waals surface area (Å²) in [6.07, 6.45) is 0. The Morgan fingerprint density at radius 2 is 1.93 bits per heavy atom. The topological polar surface area (TPSA) is 86.5 Å². The predicted molar refractivity (Wildman–Crippen MR) is 50.6 cm³/mol. The number of cyclic esters (lactones) is 2. The van der Waals surface area contributed by atoms with E-state index in [-0.39, 0.29) is 28.2 Å². The number of nitrogens with two attached hydrogens (primary N) is 1. The lowest BCUT2D eigenvalue weighted by molar-refractivity contribution is 0.0444. The molecule has 15 heavy (non-hydrogen) atoms. The maximum atomic E-state index is 11.2. The number of ether oxygens (including phenoxy) is 1. The van der Waals surface area contributed by atoms with Gasteiger partial charge < -0.3 is 10.5 Å². The van der Waals surface area contributed by atoms with E-state index in [0.717, 1.165) is 0 Å². The van der Waals surface area contributed by atoms with E-state index >= 15 is 0 Å². The van der Waals surface area contributed by atoms with Crippen molar-refractivity contribution in [2.75, 3.05) is 5.73 Å². The van der Waals surface area contributed by atoms with Crippen LogP contribution in [0.2, 0.25) is 0 Å². The van der Waals surface area contributed by atoms with Crippen LogP contribution in [0.4, 0.5) is 5.69 Å². The third kappa shape index (κ3) is 1.20. The first-order valence-electron chi connectivity index (χ1n) is 4.22. The number of hydrogen-bond donors (Lipinski definition) is 1. The lowest BCUT2D eigenvalue weighted by Crippen LogP contribution is -2.06. The van der Waals surface area contributed by atoms with Crippen LogP contribution in [0.25, 0.3) is 0 Å². The van der Waals surface area contributed by atoms with Crippen LogP contribution in [0.1, 0.15) is 38.0 Å². The molecule has 0 saturated carbocycles. The van der Waals surface area contributed by atoms with E-state index in [1.54, 1.807) is 0 Å². The van der Waals surface area contributed by atoms with Gasteiger partial charge in [0.15, 0.2) is 5.78 Å². The van der Waals surface area contributed by atoms with Crippen molar-refractivity contribution in [1.29, 1.82) is 0 Å². The van der Waals surface area contributed by atoms with E-state index in [2.05, 4.69) is 4.74 Å². The Labute approximate surface area is 84.8 Å². The molecule has 76 valence electrons. The molecule has 0 radical (unpaired) electrons. The van der Waals surface area contributed by atoms with Crippen molar-refractivity contribution in [3.05, 3.63) is 28.8 Å². The molecule has 1 heterocycles. The minimum absolute atomic E-state index is 0.00676. The van der Waals surface area contributed by atoms with Crippen molar-refractivity contribution in [1.82, 2.24) is 0 Å². The molecule has 1 aromatic carbocycles. The van der Waals surface area contributed by atoms with Crippen molar-refractivity contribution < 1.29 is 19.1 Å². The van der Waals surface area contributed by atoms with Gasteiger partial charge in [0.05, 0.1) is 16.8 Å². The molecule has 0 bridgehead atoms. The standard InChI is InChI=1S/C10H7NO4/c1-4(12)5-2-3-6-7(8(5)11)10(14)15-9(6)13/h2-3H,11H2,1H3. The summed E-state index contributed by atoms with van der Waals surface area (Å²) >= 11 is 0. The Morgan fingerprint density at radius 3 is 2.53 bits per heavy atom. The van der Waals surface area contributed by atoms with Crippen molar-refractivity contribution in [3.63, 3.8) is 0 Å². The number of carbonyl (C=O) groups is 3. The van der Waals surface area contributed by atoms with Gasteiger partial charge in [0.25, 0.3) is 0 Å². The quantitative estimate of drug-likeness (QED) is 0.317. The van der Waals surface area contributed by atoms with Crippen LogP contribution < -0.4 is 5.73 Å². The van der Waals surface area contributed by atoms with Crippen LogP contribution in [-0.2, 0) is 4.74 Å². The summed E-state index contributed by atoms with van der Waals surface area (Å²) in [5, 5.41) is 0. The normalized spacial score (nSPS) is 13.7. The number of anilines is 1. The molecule has 0 aliphatic carbocycles. The fraction of sp³-hybridized carbons (Fsp3) is 0.100. The number of carbonyl (C=O) groups excluding carboxylic acids is 3. The summed E-state index contributed by atoms with van der Waals surface area (Å²) < 4.78 is 4.38. The molecule has 0 spiro atoms.